The number of ether oxygens (including phenoxy) is 1. The van der Waals surface area contributed by atoms with Crippen LogP contribution >= 0.6 is 0 Å². The molecule has 0 aliphatic carbocycles. The highest BCUT2D eigenvalue weighted by Crippen LogP contribution is 2.36. The molecule has 1 heterocycles. The van der Waals surface area contributed by atoms with Crippen molar-refractivity contribution in [1.29, 1.82) is 0 Å². The lowest BCUT2D eigenvalue weighted by atomic mass is 9.92. The van der Waals surface area contributed by atoms with Gasteiger partial charge in [-0.3, -0.25) is 0 Å². The number of fused-ring (bicyclic) bond motifs is 1. The zero-order valence-corrected chi connectivity index (χ0v) is 10.6. The zero-order valence-electron chi connectivity index (χ0n) is 10.6. The molecule has 0 fully saturated rings. The molecule has 1 aliphatic rings. The van der Waals surface area contributed by atoms with Gasteiger partial charge in [-0.25, -0.2) is 0 Å². The van der Waals surface area contributed by atoms with Crippen molar-refractivity contribution in [3.8, 4) is 0 Å². The Hall–Kier alpha value is -1.02. The maximum absolute atomic E-state index is 5.83. The fraction of sp³-hybridized carbons (Fsp3) is 0.571. The fourth-order valence-electron chi connectivity index (χ4n) is 2.36. The van der Waals surface area contributed by atoms with Gasteiger partial charge in [-0.15, -0.1) is 0 Å². The summed E-state index contributed by atoms with van der Waals surface area (Å²) in [6.07, 6.45) is 1.32. The van der Waals surface area contributed by atoms with E-state index in [1.54, 1.807) is 0 Å². The van der Waals surface area contributed by atoms with Gasteiger partial charge >= 0.3 is 0 Å². The summed E-state index contributed by atoms with van der Waals surface area (Å²) < 4.78 is 5.83. The van der Waals surface area contributed by atoms with Crippen LogP contribution in [0, 0.1) is 13.8 Å². The number of hydrogen-bond donors (Lipinski definition) is 1. The predicted molar refractivity (Wildman–Crippen MR) is 68.0 cm³/mol. The van der Waals surface area contributed by atoms with Crippen LogP contribution in [0.1, 0.15) is 43.1 Å². The molecule has 16 heavy (non-hydrogen) atoms. The van der Waals surface area contributed by atoms with E-state index in [0.29, 0.717) is 6.04 Å². The van der Waals surface area contributed by atoms with E-state index in [1.807, 2.05) is 0 Å². The van der Waals surface area contributed by atoms with Crippen molar-refractivity contribution >= 4 is 5.69 Å². The summed E-state index contributed by atoms with van der Waals surface area (Å²) in [4.78, 5) is 0. The van der Waals surface area contributed by atoms with Gasteiger partial charge in [-0.2, -0.15) is 0 Å². The molecule has 2 unspecified atom stereocenters. The van der Waals surface area contributed by atoms with Gasteiger partial charge in [-0.05, 0) is 51.3 Å². The molecule has 88 valence electrons. The highest BCUT2D eigenvalue weighted by Gasteiger charge is 2.24. The van der Waals surface area contributed by atoms with Crippen LogP contribution in [0.2, 0.25) is 0 Å². The highest BCUT2D eigenvalue weighted by molar-refractivity contribution is 5.58. The normalized spacial score (nSPS) is 23.8. The third kappa shape index (κ3) is 2.07. The molecule has 1 aliphatic heterocycles. The van der Waals surface area contributed by atoms with E-state index >= 15 is 0 Å². The van der Waals surface area contributed by atoms with Crippen LogP contribution < -0.4 is 5.32 Å². The zero-order chi connectivity index (χ0) is 11.7. The first-order chi connectivity index (χ1) is 7.61. The largest absolute Gasteiger partial charge is 0.382 e. The Bertz CT molecular complexity index is 387. The van der Waals surface area contributed by atoms with Crippen LogP contribution in [0.5, 0.6) is 0 Å². The summed E-state index contributed by atoms with van der Waals surface area (Å²) in [7, 11) is 0. The predicted octanol–water partition coefficient (Wildman–Crippen LogP) is 3.59. The number of anilines is 1. The molecule has 2 heteroatoms. The fourth-order valence-corrected chi connectivity index (χ4v) is 2.36. The van der Waals surface area contributed by atoms with Crippen molar-refractivity contribution in [3.63, 3.8) is 0 Å². The minimum Gasteiger partial charge on any atom is -0.382 e. The van der Waals surface area contributed by atoms with E-state index < -0.39 is 0 Å². The van der Waals surface area contributed by atoms with Crippen molar-refractivity contribution < 1.29 is 4.74 Å². The molecule has 1 aromatic rings. The highest BCUT2D eigenvalue weighted by atomic mass is 16.5. The lowest BCUT2D eigenvalue weighted by Gasteiger charge is -2.32. The molecular weight excluding hydrogens is 198 g/mol. The van der Waals surface area contributed by atoms with E-state index in [-0.39, 0.29) is 6.10 Å². The molecule has 0 radical (unpaired) electrons. The Labute approximate surface area is 98.0 Å². The second-order valence-electron chi connectivity index (χ2n) is 4.75. The summed E-state index contributed by atoms with van der Waals surface area (Å²) in [5.41, 5.74) is 5.26. The second kappa shape index (κ2) is 4.46. The molecule has 0 aromatic heterocycles. The van der Waals surface area contributed by atoms with E-state index in [4.69, 9.17) is 4.74 Å². The lowest BCUT2D eigenvalue weighted by Crippen LogP contribution is -2.27. The summed E-state index contributed by atoms with van der Waals surface area (Å²) >= 11 is 0. The molecule has 2 nitrogen and oxygen atoms in total. The van der Waals surface area contributed by atoms with E-state index in [9.17, 15) is 0 Å². The van der Waals surface area contributed by atoms with E-state index in [1.165, 1.54) is 22.4 Å². The van der Waals surface area contributed by atoms with Crippen LogP contribution in [0.15, 0.2) is 12.1 Å². The molecule has 1 aromatic carbocycles. The molecule has 0 amide bonds. The molecule has 0 spiro atoms. The third-order valence-electron chi connectivity index (χ3n) is 3.35. The first-order valence-corrected chi connectivity index (χ1v) is 6.11. The quantitative estimate of drug-likeness (QED) is 0.820. The maximum Gasteiger partial charge on any atom is 0.0864 e. The van der Waals surface area contributed by atoms with Gasteiger partial charge in [0.1, 0.15) is 0 Å². The Morgan fingerprint density at radius 1 is 1.31 bits per heavy atom. The van der Waals surface area contributed by atoms with Gasteiger partial charge < -0.3 is 10.1 Å². The van der Waals surface area contributed by atoms with Crippen LogP contribution in [-0.4, -0.2) is 12.6 Å². The van der Waals surface area contributed by atoms with Crippen molar-refractivity contribution in [2.24, 2.45) is 0 Å². The average Bonchev–Trinajstić information content (AvgIpc) is 2.21. The monoisotopic (exact) mass is 219 g/mol. The number of nitrogens with one attached hydrogen (secondary N) is 1. The number of aryl methyl sites for hydroxylation is 2. The maximum atomic E-state index is 5.83. The van der Waals surface area contributed by atoms with Gasteiger partial charge in [0.2, 0.25) is 0 Å². The van der Waals surface area contributed by atoms with Gasteiger partial charge in [0, 0.05) is 23.9 Å². The molecule has 1 N–H and O–H groups in total. The van der Waals surface area contributed by atoms with Crippen molar-refractivity contribution in [3.05, 3.63) is 28.8 Å². The topological polar surface area (TPSA) is 21.3 Å². The summed E-state index contributed by atoms with van der Waals surface area (Å²) in [5.74, 6) is 0. The number of hydrogen-bond acceptors (Lipinski definition) is 2. The SMILES string of the molecule is CCOC1CC(C)Nc2cc(C)c(C)cc21. The molecule has 0 saturated carbocycles. The van der Waals surface area contributed by atoms with Gasteiger partial charge in [0.05, 0.1) is 6.10 Å². The van der Waals surface area contributed by atoms with Crippen LogP contribution in [0.25, 0.3) is 0 Å². The van der Waals surface area contributed by atoms with E-state index in [2.05, 4.69) is 45.1 Å². The summed E-state index contributed by atoms with van der Waals surface area (Å²) in [6.45, 7) is 9.38. The lowest BCUT2D eigenvalue weighted by molar-refractivity contribution is 0.0512. The minimum atomic E-state index is 0.260. The van der Waals surface area contributed by atoms with Crippen LogP contribution in [-0.2, 0) is 4.74 Å². The van der Waals surface area contributed by atoms with Crippen LogP contribution in [0.3, 0.4) is 0 Å². The first kappa shape index (κ1) is 11.5. The van der Waals surface area contributed by atoms with Crippen molar-refractivity contribution in [2.45, 2.75) is 46.3 Å². The standard InChI is InChI=1S/C14H21NO/c1-5-16-14-8-11(4)15-13-7-10(3)9(2)6-12(13)14/h6-7,11,14-15H,5,8H2,1-4H3. The molecule has 0 bridgehead atoms. The van der Waals surface area contributed by atoms with Crippen molar-refractivity contribution in [1.82, 2.24) is 0 Å². The molecule has 2 atom stereocenters. The molecule has 2 rings (SSSR count). The van der Waals surface area contributed by atoms with Gasteiger partial charge in [-0.1, -0.05) is 6.07 Å². The number of benzene rings is 1. The summed E-state index contributed by atoms with van der Waals surface area (Å²) in [5, 5.41) is 3.54. The third-order valence-corrected chi connectivity index (χ3v) is 3.35. The smallest absolute Gasteiger partial charge is 0.0864 e. The Balaban J connectivity index is 2.40. The Morgan fingerprint density at radius 2 is 2.00 bits per heavy atom. The molecule has 0 saturated heterocycles. The first-order valence-electron chi connectivity index (χ1n) is 6.11. The average molecular weight is 219 g/mol. The van der Waals surface area contributed by atoms with E-state index in [0.717, 1.165) is 13.0 Å². The Kier molecular flexibility index (Phi) is 3.20. The molecular formula is C14H21NO. The van der Waals surface area contributed by atoms with Gasteiger partial charge in [0.25, 0.3) is 0 Å². The number of rotatable bonds is 2. The summed E-state index contributed by atoms with van der Waals surface area (Å²) in [6, 6.07) is 5.00. The van der Waals surface area contributed by atoms with Crippen molar-refractivity contribution in [2.75, 3.05) is 11.9 Å². The minimum absolute atomic E-state index is 0.260. The Morgan fingerprint density at radius 3 is 2.69 bits per heavy atom. The van der Waals surface area contributed by atoms with Crippen LogP contribution in [0.4, 0.5) is 5.69 Å². The van der Waals surface area contributed by atoms with Gasteiger partial charge in [0.15, 0.2) is 0 Å². The second-order valence-corrected chi connectivity index (χ2v) is 4.75.